The van der Waals surface area contributed by atoms with E-state index >= 15 is 0 Å². The maximum atomic E-state index is 10.8. The molecule has 1 aromatic carbocycles. The molecule has 1 fully saturated rings. The summed E-state index contributed by atoms with van der Waals surface area (Å²) in [5, 5.41) is 14.2. The Morgan fingerprint density at radius 3 is 2.70 bits per heavy atom. The number of hydrogen-bond acceptors (Lipinski definition) is 4. The maximum Gasteiger partial charge on any atom is 0.273 e. The Labute approximate surface area is 119 Å². The lowest BCUT2D eigenvalue weighted by Crippen LogP contribution is -2.63. The minimum absolute atomic E-state index is 0.0746. The van der Waals surface area contributed by atoms with Crippen LogP contribution in [-0.4, -0.2) is 24.1 Å². The molecular formula is C15H22N2O3. The fourth-order valence-corrected chi connectivity index (χ4v) is 3.35. The molecule has 0 heterocycles. The monoisotopic (exact) mass is 278 g/mol. The molecule has 1 aliphatic rings. The molecule has 2 atom stereocenters. The summed E-state index contributed by atoms with van der Waals surface area (Å²) in [7, 11) is 1.98. The summed E-state index contributed by atoms with van der Waals surface area (Å²) < 4.78 is 6.03. The molecule has 5 nitrogen and oxygen atoms in total. The van der Waals surface area contributed by atoms with E-state index in [0.717, 1.165) is 19.3 Å². The number of nitrogens with zero attached hydrogens (tertiary/aromatic N) is 1. The van der Waals surface area contributed by atoms with Gasteiger partial charge < -0.3 is 10.1 Å². The van der Waals surface area contributed by atoms with Gasteiger partial charge in [-0.15, -0.1) is 0 Å². The third-order valence-electron chi connectivity index (χ3n) is 4.76. The zero-order valence-electron chi connectivity index (χ0n) is 12.3. The van der Waals surface area contributed by atoms with Crippen LogP contribution in [0.5, 0.6) is 5.75 Å². The van der Waals surface area contributed by atoms with Gasteiger partial charge in [0.05, 0.1) is 11.0 Å². The van der Waals surface area contributed by atoms with E-state index < -0.39 is 4.92 Å². The van der Waals surface area contributed by atoms with E-state index in [4.69, 9.17) is 4.74 Å². The molecule has 2 unspecified atom stereocenters. The average Bonchev–Trinajstić information content (AvgIpc) is 2.45. The second-order valence-electron chi connectivity index (χ2n) is 5.38. The molecule has 0 bridgehead atoms. The molecule has 1 aliphatic carbocycles. The average molecular weight is 278 g/mol. The molecule has 0 aliphatic heterocycles. The third kappa shape index (κ3) is 2.38. The van der Waals surface area contributed by atoms with Gasteiger partial charge in [0.15, 0.2) is 0 Å². The summed E-state index contributed by atoms with van der Waals surface area (Å²) in [5.74, 6) is 0.588. The van der Waals surface area contributed by atoms with Crippen molar-refractivity contribution in [2.75, 3.05) is 7.05 Å². The highest BCUT2D eigenvalue weighted by Gasteiger charge is 2.53. The van der Waals surface area contributed by atoms with E-state index in [-0.39, 0.29) is 17.2 Å². The summed E-state index contributed by atoms with van der Waals surface area (Å²) >= 11 is 0. The minimum Gasteiger partial charge on any atom is -0.489 e. The quantitative estimate of drug-likeness (QED) is 0.641. The van der Waals surface area contributed by atoms with Crippen LogP contribution in [0.1, 0.15) is 33.1 Å². The van der Waals surface area contributed by atoms with Crippen molar-refractivity contribution in [1.29, 1.82) is 0 Å². The van der Waals surface area contributed by atoms with Gasteiger partial charge in [-0.1, -0.05) is 19.9 Å². The maximum absolute atomic E-state index is 10.8. The molecule has 0 saturated heterocycles. The summed E-state index contributed by atoms with van der Waals surface area (Å²) in [6.45, 7) is 4.35. The van der Waals surface area contributed by atoms with E-state index in [1.165, 1.54) is 12.1 Å². The molecule has 110 valence electrons. The molecule has 1 aromatic rings. The Kier molecular flexibility index (Phi) is 4.28. The Morgan fingerprint density at radius 1 is 1.45 bits per heavy atom. The van der Waals surface area contributed by atoms with E-state index in [0.29, 0.717) is 11.8 Å². The Morgan fingerprint density at radius 2 is 2.15 bits per heavy atom. The minimum atomic E-state index is -0.392. The SMILES string of the molecule is CCC1(CC)C(NC)CC1Oc1cccc([N+](=O)[O-])c1. The second-order valence-corrected chi connectivity index (χ2v) is 5.38. The van der Waals surface area contributed by atoms with Crippen molar-refractivity contribution in [3.63, 3.8) is 0 Å². The van der Waals surface area contributed by atoms with Crippen LogP contribution in [0.4, 0.5) is 5.69 Å². The Hall–Kier alpha value is -1.62. The molecular weight excluding hydrogens is 256 g/mol. The number of non-ortho nitro benzene ring substituents is 1. The lowest BCUT2D eigenvalue weighted by atomic mass is 9.58. The third-order valence-corrected chi connectivity index (χ3v) is 4.76. The number of nitrogens with one attached hydrogen (secondary N) is 1. The van der Waals surface area contributed by atoms with Crippen molar-refractivity contribution in [2.45, 2.75) is 45.3 Å². The topological polar surface area (TPSA) is 64.4 Å². The van der Waals surface area contributed by atoms with E-state index in [1.54, 1.807) is 12.1 Å². The van der Waals surface area contributed by atoms with Gasteiger partial charge in [0.1, 0.15) is 11.9 Å². The standard InChI is InChI=1S/C15H22N2O3/c1-4-15(5-2)13(16-3)10-14(15)20-12-8-6-7-11(9-12)17(18)19/h6-9,13-14,16H,4-5,10H2,1-3H3. The number of nitro groups is 1. The molecule has 0 radical (unpaired) electrons. The highest BCUT2D eigenvalue weighted by atomic mass is 16.6. The van der Waals surface area contributed by atoms with Gasteiger partial charge in [0.25, 0.3) is 5.69 Å². The van der Waals surface area contributed by atoms with Gasteiger partial charge in [-0.05, 0) is 26.0 Å². The highest BCUT2D eigenvalue weighted by molar-refractivity contribution is 5.38. The second kappa shape index (κ2) is 5.79. The predicted octanol–water partition coefficient (Wildman–Crippen LogP) is 3.14. The molecule has 0 spiro atoms. The van der Waals surface area contributed by atoms with Gasteiger partial charge in [-0.2, -0.15) is 0 Å². The highest BCUT2D eigenvalue weighted by Crippen LogP contribution is 2.48. The summed E-state index contributed by atoms with van der Waals surface area (Å²) in [6, 6.07) is 6.90. The van der Waals surface area contributed by atoms with Crippen molar-refractivity contribution >= 4 is 5.69 Å². The van der Waals surface area contributed by atoms with Crippen molar-refractivity contribution in [3.8, 4) is 5.75 Å². The van der Waals surface area contributed by atoms with Crippen LogP contribution in [0.25, 0.3) is 0 Å². The van der Waals surface area contributed by atoms with Gasteiger partial charge in [0.2, 0.25) is 0 Å². The number of hydrogen-bond donors (Lipinski definition) is 1. The fraction of sp³-hybridized carbons (Fsp3) is 0.600. The Balaban J connectivity index is 2.14. The predicted molar refractivity (Wildman–Crippen MR) is 78.0 cm³/mol. The van der Waals surface area contributed by atoms with Crippen molar-refractivity contribution < 1.29 is 9.66 Å². The van der Waals surface area contributed by atoms with E-state index in [2.05, 4.69) is 19.2 Å². The molecule has 0 aromatic heterocycles. The van der Waals surface area contributed by atoms with Crippen molar-refractivity contribution in [3.05, 3.63) is 34.4 Å². The normalized spacial score (nSPS) is 23.9. The molecule has 2 rings (SSSR count). The van der Waals surface area contributed by atoms with Gasteiger partial charge in [-0.3, -0.25) is 10.1 Å². The molecule has 1 N–H and O–H groups in total. The van der Waals surface area contributed by atoms with Crippen LogP contribution < -0.4 is 10.1 Å². The van der Waals surface area contributed by atoms with Crippen LogP contribution in [0.15, 0.2) is 24.3 Å². The first kappa shape index (κ1) is 14.8. The zero-order chi connectivity index (χ0) is 14.8. The van der Waals surface area contributed by atoms with Gasteiger partial charge in [0, 0.05) is 23.9 Å². The van der Waals surface area contributed by atoms with Gasteiger partial charge in [-0.25, -0.2) is 0 Å². The first-order valence-electron chi connectivity index (χ1n) is 7.15. The Bertz CT molecular complexity index is 486. The largest absolute Gasteiger partial charge is 0.489 e. The van der Waals surface area contributed by atoms with Crippen LogP contribution in [0.2, 0.25) is 0 Å². The van der Waals surface area contributed by atoms with Gasteiger partial charge >= 0.3 is 0 Å². The van der Waals surface area contributed by atoms with Crippen LogP contribution in [0, 0.1) is 15.5 Å². The van der Waals surface area contributed by atoms with Crippen molar-refractivity contribution in [2.24, 2.45) is 5.41 Å². The number of ether oxygens (including phenoxy) is 1. The molecule has 20 heavy (non-hydrogen) atoms. The molecule has 0 amide bonds. The number of benzene rings is 1. The van der Waals surface area contributed by atoms with Crippen LogP contribution in [0.3, 0.4) is 0 Å². The first-order chi connectivity index (χ1) is 9.57. The van der Waals surface area contributed by atoms with Crippen LogP contribution >= 0.6 is 0 Å². The number of nitro benzene ring substituents is 1. The molecule has 1 saturated carbocycles. The summed E-state index contributed by atoms with van der Waals surface area (Å²) in [4.78, 5) is 10.4. The van der Waals surface area contributed by atoms with E-state index in [9.17, 15) is 10.1 Å². The van der Waals surface area contributed by atoms with E-state index in [1.807, 2.05) is 7.05 Å². The van der Waals surface area contributed by atoms with Crippen LogP contribution in [-0.2, 0) is 0 Å². The van der Waals surface area contributed by atoms with Crippen molar-refractivity contribution in [1.82, 2.24) is 5.32 Å². The molecule has 5 heteroatoms. The number of rotatable bonds is 6. The fourth-order valence-electron chi connectivity index (χ4n) is 3.35. The smallest absolute Gasteiger partial charge is 0.273 e. The lowest BCUT2D eigenvalue weighted by Gasteiger charge is -2.55. The first-order valence-corrected chi connectivity index (χ1v) is 7.15. The summed E-state index contributed by atoms with van der Waals surface area (Å²) in [6.07, 6.45) is 3.14. The lowest BCUT2D eigenvalue weighted by molar-refractivity contribution is -0.385. The zero-order valence-corrected chi connectivity index (χ0v) is 12.3. The summed E-state index contributed by atoms with van der Waals surface area (Å²) in [5.41, 5.74) is 0.199.